The van der Waals surface area contributed by atoms with E-state index in [2.05, 4.69) is 0 Å². The number of halogens is 1. The van der Waals surface area contributed by atoms with Crippen molar-refractivity contribution in [3.05, 3.63) is 29.3 Å². The van der Waals surface area contributed by atoms with Crippen molar-refractivity contribution >= 4 is 29.0 Å². The predicted octanol–water partition coefficient (Wildman–Crippen LogP) is 2.81. The predicted molar refractivity (Wildman–Crippen MR) is 76.3 cm³/mol. The molecule has 0 N–H and O–H groups in total. The molecule has 0 aliphatic carbocycles. The van der Waals surface area contributed by atoms with E-state index in [0.717, 1.165) is 12.1 Å². The summed E-state index contributed by atoms with van der Waals surface area (Å²) < 4.78 is 0. The summed E-state index contributed by atoms with van der Waals surface area (Å²) in [7, 11) is 0. The van der Waals surface area contributed by atoms with E-state index >= 15 is 0 Å². The zero-order valence-electron chi connectivity index (χ0n) is 11.2. The smallest absolute Gasteiger partial charge is 0.237 e. The van der Waals surface area contributed by atoms with Gasteiger partial charge in [0.1, 0.15) is 5.92 Å². The number of nitrogens with zero attached hydrogens (tertiary/aromatic N) is 2. The number of rotatable bonds is 3. The third-order valence-electron chi connectivity index (χ3n) is 3.54. The summed E-state index contributed by atoms with van der Waals surface area (Å²) in [4.78, 5) is 26.1. The maximum atomic E-state index is 12.4. The minimum Gasteiger partial charge on any atom is -0.312 e. The van der Waals surface area contributed by atoms with Crippen LogP contribution in [0, 0.1) is 23.2 Å². The number of amides is 1. The number of benzene rings is 1. The molecule has 0 radical (unpaired) electrons. The van der Waals surface area contributed by atoms with E-state index in [0.29, 0.717) is 18.0 Å². The summed E-state index contributed by atoms with van der Waals surface area (Å²) in [6.45, 7) is 2.13. The maximum Gasteiger partial charge on any atom is 0.237 e. The Hall–Kier alpha value is -1.86. The van der Waals surface area contributed by atoms with Gasteiger partial charge >= 0.3 is 0 Å². The molecular weight excluding hydrogens is 276 g/mol. The molecule has 5 heteroatoms. The first-order valence-electron chi connectivity index (χ1n) is 6.55. The average molecular weight is 291 g/mol. The fourth-order valence-corrected chi connectivity index (χ4v) is 2.51. The Kier molecular flexibility index (Phi) is 4.41. The third-order valence-corrected chi connectivity index (χ3v) is 3.79. The van der Waals surface area contributed by atoms with E-state index in [9.17, 15) is 9.59 Å². The van der Waals surface area contributed by atoms with Crippen LogP contribution in [0.4, 0.5) is 5.69 Å². The topological polar surface area (TPSA) is 61.2 Å². The zero-order valence-corrected chi connectivity index (χ0v) is 11.9. The normalized spacial score (nSPS) is 20.4. The fraction of sp³-hybridized carbons (Fsp3) is 0.400. The lowest BCUT2D eigenvalue weighted by Crippen LogP contribution is -2.45. The van der Waals surface area contributed by atoms with Crippen molar-refractivity contribution in [2.45, 2.75) is 19.8 Å². The first kappa shape index (κ1) is 14.5. The number of nitriles is 1. The van der Waals surface area contributed by atoms with Gasteiger partial charge in [-0.3, -0.25) is 9.59 Å². The van der Waals surface area contributed by atoms with Crippen LogP contribution in [0.15, 0.2) is 24.3 Å². The molecule has 2 rings (SSSR count). The first-order valence-corrected chi connectivity index (χ1v) is 6.92. The molecule has 0 spiro atoms. The summed E-state index contributed by atoms with van der Waals surface area (Å²) in [5.74, 6) is -1.94. The monoisotopic (exact) mass is 290 g/mol. The highest BCUT2D eigenvalue weighted by molar-refractivity contribution is 6.30. The molecule has 0 saturated carbocycles. The molecule has 1 fully saturated rings. The minimum absolute atomic E-state index is 0.217. The number of ketones is 1. The second kappa shape index (κ2) is 6.06. The first-order chi connectivity index (χ1) is 9.54. The van der Waals surface area contributed by atoms with Gasteiger partial charge in [0, 0.05) is 17.3 Å². The molecule has 1 saturated heterocycles. The summed E-state index contributed by atoms with van der Waals surface area (Å²) in [6, 6.07) is 8.87. The molecule has 4 nitrogen and oxygen atoms in total. The van der Waals surface area contributed by atoms with Crippen LogP contribution in [0.5, 0.6) is 0 Å². The van der Waals surface area contributed by atoms with E-state index < -0.39 is 11.8 Å². The Labute approximate surface area is 122 Å². The number of hydrogen-bond donors (Lipinski definition) is 0. The van der Waals surface area contributed by atoms with Crippen molar-refractivity contribution in [3.63, 3.8) is 0 Å². The standard InChI is InChI=1S/C15H15ClN2O2/c1-10(9-17)14(19)13-3-2-8-18(15(13)20)12-6-4-11(16)5-7-12/h4-7,10,13H,2-3,8H2,1H3/t10-,13-/m0/s1. The van der Waals surface area contributed by atoms with E-state index in [4.69, 9.17) is 16.9 Å². The number of piperidine rings is 1. The molecule has 1 aromatic carbocycles. The van der Waals surface area contributed by atoms with Gasteiger partial charge in [-0.25, -0.2) is 0 Å². The van der Waals surface area contributed by atoms with Crippen LogP contribution >= 0.6 is 11.6 Å². The number of Topliss-reactive ketones (excluding diaryl/α,β-unsaturated/α-hetero) is 1. The molecule has 1 amide bonds. The Bertz CT molecular complexity index is 562. The van der Waals surface area contributed by atoms with Crippen LogP contribution < -0.4 is 4.90 Å². The molecule has 0 bridgehead atoms. The van der Waals surface area contributed by atoms with Gasteiger partial charge in [-0.15, -0.1) is 0 Å². The molecule has 1 heterocycles. The van der Waals surface area contributed by atoms with Crippen LogP contribution in [0.25, 0.3) is 0 Å². The van der Waals surface area contributed by atoms with Gasteiger partial charge in [0.2, 0.25) is 5.91 Å². The quantitative estimate of drug-likeness (QED) is 0.804. The van der Waals surface area contributed by atoms with Crippen molar-refractivity contribution in [1.82, 2.24) is 0 Å². The molecular formula is C15H15ClN2O2. The Morgan fingerprint density at radius 3 is 2.70 bits per heavy atom. The summed E-state index contributed by atoms with van der Waals surface area (Å²) >= 11 is 5.83. The maximum absolute atomic E-state index is 12.4. The van der Waals surface area contributed by atoms with Crippen molar-refractivity contribution in [3.8, 4) is 6.07 Å². The van der Waals surface area contributed by atoms with Gasteiger partial charge in [0.15, 0.2) is 5.78 Å². The number of anilines is 1. The van der Waals surface area contributed by atoms with E-state index in [-0.39, 0.29) is 11.7 Å². The Morgan fingerprint density at radius 2 is 2.10 bits per heavy atom. The molecule has 1 aliphatic rings. The highest BCUT2D eigenvalue weighted by Crippen LogP contribution is 2.27. The van der Waals surface area contributed by atoms with Gasteiger partial charge in [0.25, 0.3) is 0 Å². The molecule has 1 aliphatic heterocycles. The van der Waals surface area contributed by atoms with Crippen LogP contribution in [0.3, 0.4) is 0 Å². The summed E-state index contributed by atoms with van der Waals surface area (Å²) in [5.41, 5.74) is 0.738. The van der Waals surface area contributed by atoms with E-state index in [1.54, 1.807) is 29.2 Å². The van der Waals surface area contributed by atoms with Gasteiger partial charge in [-0.1, -0.05) is 11.6 Å². The summed E-state index contributed by atoms with van der Waals surface area (Å²) in [5, 5.41) is 9.43. The van der Waals surface area contributed by atoms with Gasteiger partial charge in [-0.05, 0) is 44.0 Å². The minimum atomic E-state index is -0.742. The molecule has 0 aromatic heterocycles. The SMILES string of the molecule is C[C@@H](C#N)C(=O)[C@@H]1CCCN(c2ccc(Cl)cc2)C1=O. The van der Waals surface area contributed by atoms with Crippen LogP contribution in [-0.2, 0) is 9.59 Å². The Balaban J connectivity index is 2.21. The van der Waals surface area contributed by atoms with Crippen molar-refractivity contribution < 1.29 is 9.59 Å². The molecule has 0 unspecified atom stereocenters. The van der Waals surface area contributed by atoms with Gasteiger partial charge in [0.05, 0.1) is 12.0 Å². The second-order valence-corrected chi connectivity index (χ2v) is 5.35. The zero-order chi connectivity index (χ0) is 14.7. The largest absolute Gasteiger partial charge is 0.312 e. The van der Waals surface area contributed by atoms with Crippen LogP contribution in [0.2, 0.25) is 5.02 Å². The summed E-state index contributed by atoms with van der Waals surface area (Å²) in [6.07, 6.45) is 1.27. The number of carbonyl (C=O) groups excluding carboxylic acids is 2. The number of hydrogen-bond acceptors (Lipinski definition) is 3. The third kappa shape index (κ3) is 2.83. The lowest BCUT2D eigenvalue weighted by molar-refractivity contribution is -0.135. The number of carbonyl (C=O) groups is 2. The van der Waals surface area contributed by atoms with Crippen molar-refractivity contribution in [2.24, 2.45) is 11.8 Å². The lowest BCUT2D eigenvalue weighted by Gasteiger charge is -2.32. The molecule has 104 valence electrons. The fourth-order valence-electron chi connectivity index (χ4n) is 2.38. The van der Waals surface area contributed by atoms with Crippen molar-refractivity contribution in [1.29, 1.82) is 5.26 Å². The highest BCUT2D eigenvalue weighted by atomic mass is 35.5. The molecule has 20 heavy (non-hydrogen) atoms. The van der Waals surface area contributed by atoms with Crippen molar-refractivity contribution in [2.75, 3.05) is 11.4 Å². The van der Waals surface area contributed by atoms with E-state index in [1.165, 1.54) is 6.92 Å². The average Bonchev–Trinajstić information content (AvgIpc) is 2.47. The lowest BCUT2D eigenvalue weighted by atomic mass is 9.87. The molecule has 2 atom stereocenters. The Morgan fingerprint density at radius 1 is 1.45 bits per heavy atom. The molecule has 1 aromatic rings. The van der Waals surface area contributed by atoms with Gasteiger partial charge in [-0.2, -0.15) is 5.26 Å². The van der Waals surface area contributed by atoms with E-state index in [1.807, 2.05) is 6.07 Å². The van der Waals surface area contributed by atoms with Crippen LogP contribution in [0.1, 0.15) is 19.8 Å². The highest BCUT2D eigenvalue weighted by Gasteiger charge is 2.36. The second-order valence-electron chi connectivity index (χ2n) is 4.91. The van der Waals surface area contributed by atoms with Gasteiger partial charge < -0.3 is 4.90 Å². The van der Waals surface area contributed by atoms with Crippen LogP contribution in [-0.4, -0.2) is 18.2 Å².